The van der Waals surface area contributed by atoms with E-state index in [1.807, 2.05) is 0 Å². The molecule has 4 heteroatoms. The maximum absolute atomic E-state index is 4.79. The van der Waals surface area contributed by atoms with Gasteiger partial charge in [0.2, 0.25) is 0 Å². The van der Waals surface area contributed by atoms with Gasteiger partial charge < -0.3 is 9.88 Å². The van der Waals surface area contributed by atoms with Crippen LogP contribution >= 0.6 is 11.3 Å². The number of para-hydroxylation sites is 2. The Morgan fingerprint density at radius 3 is 2.86 bits per heavy atom. The second kappa shape index (κ2) is 6.41. The highest BCUT2D eigenvalue weighted by Crippen LogP contribution is 2.20. The van der Waals surface area contributed by atoms with Crippen LogP contribution in [0.4, 0.5) is 0 Å². The summed E-state index contributed by atoms with van der Waals surface area (Å²) in [5, 5.41) is 5.71. The minimum atomic E-state index is 0.361. The van der Waals surface area contributed by atoms with Crippen LogP contribution in [-0.4, -0.2) is 9.55 Å². The minimum Gasteiger partial charge on any atom is -0.327 e. The van der Waals surface area contributed by atoms with E-state index < -0.39 is 0 Å². The highest BCUT2D eigenvalue weighted by atomic mass is 32.1. The molecule has 1 unspecified atom stereocenters. The average molecular weight is 299 g/mol. The maximum atomic E-state index is 4.79. The molecule has 0 fully saturated rings. The van der Waals surface area contributed by atoms with Crippen LogP contribution in [0.2, 0.25) is 0 Å². The quantitative estimate of drug-likeness (QED) is 0.733. The summed E-state index contributed by atoms with van der Waals surface area (Å²) in [6.45, 7) is 6.23. The lowest BCUT2D eigenvalue weighted by molar-refractivity contribution is 0.541. The van der Waals surface area contributed by atoms with Crippen LogP contribution in [0.25, 0.3) is 11.0 Å². The minimum absolute atomic E-state index is 0.361. The van der Waals surface area contributed by atoms with Crippen molar-refractivity contribution in [2.75, 3.05) is 0 Å². The van der Waals surface area contributed by atoms with Gasteiger partial charge in [-0.1, -0.05) is 25.1 Å². The SMILES string of the molecule is CCCn1c(CNC(C)c2cccs2)nc2ccccc21. The summed E-state index contributed by atoms with van der Waals surface area (Å²) in [5.74, 6) is 1.13. The molecule has 1 atom stereocenters. The van der Waals surface area contributed by atoms with Crippen molar-refractivity contribution in [1.82, 2.24) is 14.9 Å². The number of thiophene rings is 1. The van der Waals surface area contributed by atoms with Crippen molar-refractivity contribution < 1.29 is 0 Å². The number of imidazole rings is 1. The van der Waals surface area contributed by atoms with Gasteiger partial charge in [0.15, 0.2) is 0 Å². The molecule has 1 N–H and O–H groups in total. The Hall–Kier alpha value is -1.65. The molecule has 1 aromatic carbocycles. The number of aromatic nitrogens is 2. The number of nitrogens with one attached hydrogen (secondary N) is 1. The number of hydrogen-bond acceptors (Lipinski definition) is 3. The van der Waals surface area contributed by atoms with E-state index in [1.54, 1.807) is 11.3 Å². The van der Waals surface area contributed by atoms with Crippen molar-refractivity contribution in [3.63, 3.8) is 0 Å². The Kier molecular flexibility index (Phi) is 4.36. The number of hydrogen-bond donors (Lipinski definition) is 1. The third-order valence-corrected chi connectivity index (χ3v) is 4.77. The average Bonchev–Trinajstić information content (AvgIpc) is 3.14. The smallest absolute Gasteiger partial charge is 0.123 e. The first kappa shape index (κ1) is 14.3. The first-order valence-corrected chi connectivity index (χ1v) is 8.38. The summed E-state index contributed by atoms with van der Waals surface area (Å²) in [6, 6.07) is 13.0. The molecule has 0 bridgehead atoms. The molecule has 2 heterocycles. The molecule has 21 heavy (non-hydrogen) atoms. The summed E-state index contributed by atoms with van der Waals surface area (Å²) < 4.78 is 2.34. The molecule has 0 spiro atoms. The van der Waals surface area contributed by atoms with E-state index in [-0.39, 0.29) is 0 Å². The molecule has 0 saturated carbocycles. The topological polar surface area (TPSA) is 29.9 Å². The molecule has 0 radical (unpaired) electrons. The molecule has 110 valence electrons. The predicted molar refractivity (Wildman–Crippen MR) is 89.6 cm³/mol. The molecule has 0 amide bonds. The first-order chi connectivity index (χ1) is 10.3. The van der Waals surface area contributed by atoms with Gasteiger partial charge in [-0.25, -0.2) is 4.98 Å². The zero-order valence-electron chi connectivity index (χ0n) is 12.5. The Bertz CT molecular complexity index is 700. The predicted octanol–water partition coefficient (Wildman–Crippen LogP) is 4.36. The van der Waals surface area contributed by atoms with Gasteiger partial charge in [0.05, 0.1) is 17.6 Å². The number of fused-ring (bicyclic) bond motifs is 1. The van der Waals surface area contributed by atoms with Gasteiger partial charge in [-0.05, 0) is 36.9 Å². The molecule has 3 aromatic rings. The van der Waals surface area contributed by atoms with Crippen LogP contribution in [-0.2, 0) is 13.1 Å². The normalized spacial score (nSPS) is 12.9. The standard InChI is InChI=1S/C17H21N3S/c1-3-10-20-15-8-5-4-7-14(15)19-17(20)12-18-13(2)16-9-6-11-21-16/h4-9,11,13,18H,3,10,12H2,1-2H3. The highest BCUT2D eigenvalue weighted by Gasteiger charge is 2.11. The van der Waals surface area contributed by atoms with Gasteiger partial charge in [-0.2, -0.15) is 0 Å². The lowest BCUT2D eigenvalue weighted by atomic mass is 10.3. The van der Waals surface area contributed by atoms with Gasteiger partial charge in [0, 0.05) is 17.5 Å². The number of benzene rings is 1. The van der Waals surface area contributed by atoms with Crippen LogP contribution < -0.4 is 5.32 Å². The molecular weight excluding hydrogens is 278 g/mol. The molecule has 0 aliphatic rings. The molecule has 3 nitrogen and oxygen atoms in total. The maximum Gasteiger partial charge on any atom is 0.123 e. The lowest BCUT2D eigenvalue weighted by Crippen LogP contribution is -2.20. The molecule has 0 aliphatic carbocycles. The van der Waals surface area contributed by atoms with E-state index >= 15 is 0 Å². The number of nitrogens with zero attached hydrogens (tertiary/aromatic N) is 2. The van der Waals surface area contributed by atoms with Crippen LogP contribution in [0.5, 0.6) is 0 Å². The van der Waals surface area contributed by atoms with Gasteiger partial charge in [-0.15, -0.1) is 11.3 Å². The second-order valence-corrected chi connectivity index (χ2v) is 6.27. The Balaban J connectivity index is 1.81. The summed E-state index contributed by atoms with van der Waals surface area (Å²) in [7, 11) is 0. The fourth-order valence-corrected chi connectivity index (χ4v) is 3.37. The summed E-state index contributed by atoms with van der Waals surface area (Å²) in [4.78, 5) is 6.16. The number of aryl methyl sites for hydroxylation is 1. The summed E-state index contributed by atoms with van der Waals surface area (Å²) >= 11 is 1.80. The van der Waals surface area contributed by atoms with Crippen molar-refractivity contribution in [2.45, 2.75) is 39.4 Å². The third-order valence-electron chi connectivity index (χ3n) is 3.72. The molecule has 2 aromatic heterocycles. The Morgan fingerprint density at radius 2 is 2.10 bits per heavy atom. The van der Waals surface area contributed by atoms with E-state index in [0.29, 0.717) is 6.04 Å². The van der Waals surface area contributed by atoms with Gasteiger partial charge >= 0.3 is 0 Å². The van der Waals surface area contributed by atoms with E-state index in [1.165, 1.54) is 10.4 Å². The molecule has 3 rings (SSSR count). The van der Waals surface area contributed by atoms with Crippen molar-refractivity contribution in [3.8, 4) is 0 Å². The summed E-state index contributed by atoms with van der Waals surface area (Å²) in [5.41, 5.74) is 2.33. The van der Waals surface area contributed by atoms with Crippen LogP contribution in [0, 0.1) is 0 Å². The van der Waals surface area contributed by atoms with Crippen molar-refractivity contribution in [3.05, 3.63) is 52.5 Å². The third kappa shape index (κ3) is 3.01. The summed E-state index contributed by atoms with van der Waals surface area (Å²) in [6.07, 6.45) is 1.12. The van der Waals surface area contributed by atoms with Crippen molar-refractivity contribution in [2.24, 2.45) is 0 Å². The molecule has 0 aliphatic heterocycles. The van der Waals surface area contributed by atoms with Gasteiger partial charge in [-0.3, -0.25) is 0 Å². The zero-order valence-corrected chi connectivity index (χ0v) is 13.4. The highest BCUT2D eigenvalue weighted by molar-refractivity contribution is 7.10. The van der Waals surface area contributed by atoms with E-state index in [9.17, 15) is 0 Å². The van der Waals surface area contributed by atoms with E-state index in [2.05, 4.69) is 65.5 Å². The first-order valence-electron chi connectivity index (χ1n) is 7.50. The fraction of sp³-hybridized carbons (Fsp3) is 0.353. The Labute approximate surface area is 129 Å². The van der Waals surface area contributed by atoms with Crippen LogP contribution in [0.15, 0.2) is 41.8 Å². The lowest BCUT2D eigenvalue weighted by Gasteiger charge is -2.13. The van der Waals surface area contributed by atoms with Crippen molar-refractivity contribution >= 4 is 22.4 Å². The van der Waals surface area contributed by atoms with Crippen LogP contribution in [0.1, 0.15) is 37.0 Å². The monoisotopic (exact) mass is 299 g/mol. The van der Waals surface area contributed by atoms with E-state index in [0.717, 1.165) is 30.9 Å². The zero-order chi connectivity index (χ0) is 14.7. The number of rotatable bonds is 6. The van der Waals surface area contributed by atoms with Gasteiger partial charge in [0.25, 0.3) is 0 Å². The molecular formula is C17H21N3S. The fourth-order valence-electron chi connectivity index (χ4n) is 2.62. The second-order valence-electron chi connectivity index (χ2n) is 5.29. The largest absolute Gasteiger partial charge is 0.327 e. The van der Waals surface area contributed by atoms with Gasteiger partial charge in [0.1, 0.15) is 5.82 Å². The van der Waals surface area contributed by atoms with Crippen molar-refractivity contribution in [1.29, 1.82) is 0 Å². The Morgan fingerprint density at radius 1 is 1.24 bits per heavy atom. The van der Waals surface area contributed by atoms with Crippen LogP contribution in [0.3, 0.4) is 0 Å². The van der Waals surface area contributed by atoms with E-state index in [4.69, 9.17) is 4.98 Å². The molecule has 0 saturated heterocycles.